The van der Waals surface area contributed by atoms with E-state index in [0.29, 0.717) is 18.7 Å². The van der Waals surface area contributed by atoms with Gasteiger partial charge in [0.2, 0.25) is 11.8 Å². The Morgan fingerprint density at radius 1 is 1.09 bits per heavy atom. The van der Waals surface area contributed by atoms with Gasteiger partial charge in [0.05, 0.1) is 29.6 Å². The molecule has 3 aromatic rings. The van der Waals surface area contributed by atoms with Crippen molar-refractivity contribution in [2.24, 2.45) is 0 Å². The number of thioether (sulfide) groups is 1. The van der Waals surface area contributed by atoms with Gasteiger partial charge in [0, 0.05) is 12.7 Å². The number of amides is 2. The van der Waals surface area contributed by atoms with Gasteiger partial charge < -0.3 is 14.5 Å². The summed E-state index contributed by atoms with van der Waals surface area (Å²) in [5, 5.41) is 0.806. The molecule has 2 fully saturated rings. The number of rotatable bonds is 6. The van der Waals surface area contributed by atoms with E-state index in [4.69, 9.17) is 4.74 Å². The van der Waals surface area contributed by atoms with Crippen molar-refractivity contribution in [2.45, 2.75) is 23.5 Å². The van der Waals surface area contributed by atoms with Crippen LogP contribution in [0.25, 0.3) is 11.1 Å². The SMILES string of the molecule is COc1ccc(-c2ccccc2)cc1N1C(=O)[C@@H]2C[C@H]1CN2C(=O)CSc1ccccn1. The van der Waals surface area contributed by atoms with Gasteiger partial charge in [-0.3, -0.25) is 9.59 Å². The summed E-state index contributed by atoms with van der Waals surface area (Å²) in [6, 6.07) is 21.1. The topological polar surface area (TPSA) is 62.7 Å². The Bertz CT molecular complexity index is 1140. The predicted molar refractivity (Wildman–Crippen MR) is 125 cm³/mol. The van der Waals surface area contributed by atoms with E-state index >= 15 is 0 Å². The van der Waals surface area contributed by atoms with E-state index in [1.54, 1.807) is 18.2 Å². The van der Waals surface area contributed by atoms with Crippen LogP contribution < -0.4 is 9.64 Å². The molecular formula is C25H23N3O3S. The Hall–Kier alpha value is -3.32. The number of ether oxygens (including phenoxy) is 1. The number of piperazine rings is 1. The monoisotopic (exact) mass is 445 g/mol. The van der Waals surface area contributed by atoms with Crippen molar-refractivity contribution >= 4 is 29.3 Å². The summed E-state index contributed by atoms with van der Waals surface area (Å²) in [5.74, 6) is 0.876. The van der Waals surface area contributed by atoms with Gasteiger partial charge >= 0.3 is 0 Å². The molecule has 6 nitrogen and oxygen atoms in total. The van der Waals surface area contributed by atoms with Gasteiger partial charge in [0.25, 0.3) is 0 Å². The first-order valence-electron chi connectivity index (χ1n) is 10.6. The summed E-state index contributed by atoms with van der Waals surface area (Å²) in [5.41, 5.74) is 2.87. The van der Waals surface area contributed by atoms with Gasteiger partial charge in [0.15, 0.2) is 0 Å². The Kier molecular flexibility index (Phi) is 5.57. The van der Waals surface area contributed by atoms with Crippen LogP contribution in [0, 0.1) is 0 Å². The third-order valence-electron chi connectivity index (χ3n) is 6.01. The molecule has 0 N–H and O–H groups in total. The maximum absolute atomic E-state index is 13.3. The molecule has 2 aromatic carbocycles. The number of fused-ring (bicyclic) bond motifs is 2. The van der Waals surface area contributed by atoms with Crippen molar-refractivity contribution in [3.63, 3.8) is 0 Å². The van der Waals surface area contributed by atoms with Crippen LogP contribution in [-0.2, 0) is 9.59 Å². The molecule has 2 saturated heterocycles. The largest absolute Gasteiger partial charge is 0.495 e. The molecule has 0 unspecified atom stereocenters. The van der Waals surface area contributed by atoms with E-state index in [0.717, 1.165) is 21.8 Å². The molecule has 0 radical (unpaired) electrons. The van der Waals surface area contributed by atoms with Gasteiger partial charge in [0.1, 0.15) is 11.8 Å². The fourth-order valence-corrected chi connectivity index (χ4v) is 5.25. The second-order valence-corrected chi connectivity index (χ2v) is 8.86. The minimum Gasteiger partial charge on any atom is -0.495 e. The van der Waals surface area contributed by atoms with Crippen molar-refractivity contribution in [3.8, 4) is 16.9 Å². The van der Waals surface area contributed by atoms with Crippen molar-refractivity contribution in [3.05, 3.63) is 72.9 Å². The molecule has 1 aromatic heterocycles. The third-order valence-corrected chi connectivity index (χ3v) is 6.94. The second kappa shape index (κ2) is 8.67. The lowest BCUT2D eigenvalue weighted by Crippen LogP contribution is -2.53. The van der Waals surface area contributed by atoms with E-state index < -0.39 is 6.04 Å². The molecule has 32 heavy (non-hydrogen) atoms. The van der Waals surface area contributed by atoms with E-state index in [1.807, 2.05) is 71.6 Å². The third kappa shape index (κ3) is 3.73. The molecule has 0 saturated carbocycles. The normalized spacial score (nSPS) is 19.5. The highest BCUT2D eigenvalue weighted by Crippen LogP contribution is 2.42. The first kappa shape index (κ1) is 20.6. The number of carbonyl (C=O) groups excluding carboxylic acids is 2. The smallest absolute Gasteiger partial charge is 0.250 e. The molecule has 162 valence electrons. The summed E-state index contributed by atoms with van der Waals surface area (Å²) in [6.45, 7) is 0.538. The fraction of sp³-hybridized carbons (Fsp3) is 0.240. The van der Waals surface area contributed by atoms with Crippen LogP contribution in [0.1, 0.15) is 6.42 Å². The molecule has 2 amide bonds. The molecule has 2 aliphatic heterocycles. The number of pyridine rings is 1. The predicted octanol–water partition coefficient (Wildman–Crippen LogP) is 3.87. The molecule has 7 heteroatoms. The summed E-state index contributed by atoms with van der Waals surface area (Å²) >= 11 is 1.40. The lowest BCUT2D eigenvalue weighted by Gasteiger charge is -2.34. The molecular weight excluding hydrogens is 422 g/mol. The molecule has 0 aliphatic carbocycles. The molecule has 2 atom stereocenters. The highest BCUT2D eigenvalue weighted by atomic mass is 32.2. The van der Waals surface area contributed by atoms with Crippen LogP contribution in [0.4, 0.5) is 5.69 Å². The van der Waals surface area contributed by atoms with Crippen LogP contribution >= 0.6 is 11.8 Å². The molecule has 0 spiro atoms. The number of benzene rings is 2. The molecule has 3 heterocycles. The van der Waals surface area contributed by atoms with E-state index in [9.17, 15) is 9.59 Å². The van der Waals surface area contributed by atoms with Gasteiger partial charge in [-0.1, -0.05) is 54.2 Å². The Balaban J connectivity index is 1.35. The zero-order chi connectivity index (χ0) is 22.1. The van der Waals surface area contributed by atoms with Crippen molar-refractivity contribution < 1.29 is 14.3 Å². The summed E-state index contributed by atoms with van der Waals surface area (Å²) in [6.07, 6.45) is 2.36. The van der Waals surface area contributed by atoms with Crippen LogP contribution in [-0.4, -0.2) is 53.2 Å². The zero-order valence-electron chi connectivity index (χ0n) is 17.7. The quantitative estimate of drug-likeness (QED) is 0.539. The van der Waals surface area contributed by atoms with Gasteiger partial charge in [-0.15, -0.1) is 0 Å². The lowest BCUT2D eigenvalue weighted by molar-refractivity contribution is -0.136. The Morgan fingerprint density at radius 2 is 1.91 bits per heavy atom. The minimum absolute atomic E-state index is 0.0221. The van der Waals surface area contributed by atoms with E-state index in [1.165, 1.54) is 11.8 Å². The van der Waals surface area contributed by atoms with Gasteiger partial charge in [-0.05, 0) is 41.8 Å². The number of anilines is 1. The highest BCUT2D eigenvalue weighted by Gasteiger charge is 2.52. The summed E-state index contributed by atoms with van der Waals surface area (Å²) in [4.78, 5) is 34.0. The number of likely N-dealkylation sites (tertiary alicyclic amines) is 1. The van der Waals surface area contributed by atoms with Crippen LogP contribution in [0.15, 0.2) is 78.0 Å². The average molecular weight is 446 g/mol. The lowest BCUT2D eigenvalue weighted by atomic mass is 10.0. The number of aromatic nitrogens is 1. The highest BCUT2D eigenvalue weighted by molar-refractivity contribution is 7.99. The first-order chi connectivity index (χ1) is 15.7. The average Bonchev–Trinajstić information content (AvgIpc) is 3.42. The van der Waals surface area contributed by atoms with Crippen molar-refractivity contribution in [1.82, 2.24) is 9.88 Å². The number of carbonyl (C=O) groups is 2. The Labute approximate surface area is 191 Å². The molecule has 2 bridgehead atoms. The summed E-state index contributed by atoms with van der Waals surface area (Å²) < 4.78 is 5.58. The van der Waals surface area contributed by atoms with Gasteiger partial charge in [-0.2, -0.15) is 0 Å². The van der Waals surface area contributed by atoms with Crippen LogP contribution in [0.5, 0.6) is 5.75 Å². The van der Waals surface area contributed by atoms with Gasteiger partial charge in [-0.25, -0.2) is 4.98 Å². The van der Waals surface area contributed by atoms with Crippen molar-refractivity contribution in [1.29, 1.82) is 0 Å². The maximum Gasteiger partial charge on any atom is 0.250 e. The van der Waals surface area contributed by atoms with E-state index in [-0.39, 0.29) is 23.6 Å². The van der Waals surface area contributed by atoms with Crippen molar-refractivity contribution in [2.75, 3.05) is 24.3 Å². The van der Waals surface area contributed by atoms with E-state index in [2.05, 4.69) is 4.98 Å². The molecule has 2 aliphatic rings. The number of nitrogens with zero attached hydrogens (tertiary/aromatic N) is 3. The summed E-state index contributed by atoms with van der Waals surface area (Å²) in [7, 11) is 1.62. The number of methoxy groups -OCH3 is 1. The fourth-order valence-electron chi connectivity index (χ4n) is 4.51. The molecule has 5 rings (SSSR count). The zero-order valence-corrected chi connectivity index (χ0v) is 18.5. The van der Waals surface area contributed by atoms with Crippen LogP contribution in [0.3, 0.4) is 0 Å². The second-order valence-electron chi connectivity index (χ2n) is 7.87. The number of hydrogen-bond donors (Lipinski definition) is 0. The standard InChI is InChI=1S/C25H23N3O3S/c1-31-22-11-10-18(17-7-3-2-4-8-17)13-20(22)28-19-14-21(25(28)30)27(15-19)24(29)16-32-23-9-5-6-12-26-23/h2-13,19,21H,14-16H2,1H3/t19-,21-/m0/s1. The number of hydrogen-bond acceptors (Lipinski definition) is 5. The Morgan fingerprint density at radius 3 is 2.62 bits per heavy atom. The first-order valence-corrected chi connectivity index (χ1v) is 11.5. The maximum atomic E-state index is 13.3. The van der Waals surface area contributed by atoms with Crippen LogP contribution in [0.2, 0.25) is 0 Å². The minimum atomic E-state index is -0.415.